The normalized spacial score (nSPS) is 18.1. The molecule has 0 unspecified atom stereocenters. The van der Waals surface area contributed by atoms with Gasteiger partial charge in [-0.1, -0.05) is 36.4 Å². The smallest absolute Gasteiger partial charge is 0.222 e. The molecule has 0 radical (unpaired) electrons. The van der Waals surface area contributed by atoms with Crippen LogP contribution in [0.5, 0.6) is 0 Å². The largest absolute Gasteiger partial charge is 0.375 e. The molecule has 24 heavy (non-hydrogen) atoms. The van der Waals surface area contributed by atoms with E-state index in [9.17, 15) is 4.79 Å². The number of hydrogen-bond acceptors (Lipinski definition) is 4. The lowest BCUT2D eigenvalue weighted by Crippen LogP contribution is -2.44. The minimum atomic E-state index is 0.136. The van der Waals surface area contributed by atoms with E-state index in [4.69, 9.17) is 5.73 Å². The minimum absolute atomic E-state index is 0.136. The highest BCUT2D eigenvalue weighted by Crippen LogP contribution is 2.43. The summed E-state index contributed by atoms with van der Waals surface area (Å²) in [6, 6.07) is 8.62. The van der Waals surface area contributed by atoms with Crippen LogP contribution in [0, 0.1) is 0 Å². The standard InChI is InChI=1S/C19H21N3OS/c20-18-21-15(13-24-18)5-6-17(23)22-11-9-19(10-12-22)8-7-14-3-1-2-4-16(14)19/h1-4,7-8,13H,5-6,9-12H2,(H2,20,21). The van der Waals surface area contributed by atoms with Gasteiger partial charge in [-0.2, -0.15) is 0 Å². The monoisotopic (exact) mass is 339 g/mol. The van der Waals surface area contributed by atoms with Gasteiger partial charge >= 0.3 is 0 Å². The molecule has 2 heterocycles. The molecule has 5 heteroatoms. The average molecular weight is 339 g/mol. The zero-order valence-electron chi connectivity index (χ0n) is 13.6. The Hall–Kier alpha value is -2.14. The molecule has 1 aliphatic carbocycles. The second-order valence-electron chi connectivity index (χ2n) is 6.63. The summed E-state index contributed by atoms with van der Waals surface area (Å²) < 4.78 is 0. The first kappa shape index (κ1) is 15.4. The lowest BCUT2D eigenvalue weighted by Gasteiger charge is -2.39. The van der Waals surface area contributed by atoms with Crippen LogP contribution in [0.15, 0.2) is 35.7 Å². The molecule has 4 nitrogen and oxygen atoms in total. The summed E-state index contributed by atoms with van der Waals surface area (Å²) in [5, 5.41) is 2.51. The zero-order chi connectivity index (χ0) is 16.6. The molecule has 2 aromatic rings. The highest BCUT2D eigenvalue weighted by Gasteiger charge is 2.38. The van der Waals surface area contributed by atoms with Gasteiger partial charge in [0.25, 0.3) is 0 Å². The fraction of sp³-hybridized carbons (Fsp3) is 0.368. The number of likely N-dealkylation sites (tertiary alicyclic amines) is 1. The van der Waals surface area contributed by atoms with Gasteiger partial charge in [0.1, 0.15) is 0 Å². The third-order valence-electron chi connectivity index (χ3n) is 5.25. The van der Waals surface area contributed by atoms with Crippen LogP contribution in [0.4, 0.5) is 5.13 Å². The number of carbonyl (C=O) groups excluding carboxylic acids is 1. The van der Waals surface area contributed by atoms with Crippen LogP contribution in [0.3, 0.4) is 0 Å². The Morgan fingerprint density at radius 1 is 1.29 bits per heavy atom. The summed E-state index contributed by atoms with van der Waals surface area (Å²) in [5.41, 5.74) is 9.46. The molecule has 2 aliphatic rings. The Kier molecular flexibility index (Phi) is 3.88. The predicted octanol–water partition coefficient (Wildman–Crippen LogP) is 3.25. The van der Waals surface area contributed by atoms with Crippen molar-refractivity contribution in [2.45, 2.75) is 31.1 Å². The quantitative estimate of drug-likeness (QED) is 0.934. The Labute approximate surface area is 146 Å². The number of rotatable bonds is 3. The van der Waals surface area contributed by atoms with Crippen molar-refractivity contribution in [3.05, 3.63) is 52.5 Å². The lowest BCUT2D eigenvalue weighted by atomic mass is 9.74. The number of nitrogens with two attached hydrogens (primary N) is 1. The van der Waals surface area contributed by atoms with Gasteiger partial charge in [-0.15, -0.1) is 11.3 Å². The molecule has 124 valence electrons. The van der Waals surface area contributed by atoms with Crippen molar-refractivity contribution in [2.75, 3.05) is 18.8 Å². The predicted molar refractivity (Wildman–Crippen MR) is 97.8 cm³/mol. The molecule has 1 aliphatic heterocycles. The van der Waals surface area contributed by atoms with E-state index >= 15 is 0 Å². The fourth-order valence-electron chi connectivity index (χ4n) is 3.86. The van der Waals surface area contributed by atoms with E-state index in [1.807, 2.05) is 10.3 Å². The summed E-state index contributed by atoms with van der Waals surface area (Å²) in [6.45, 7) is 1.66. The third kappa shape index (κ3) is 2.73. The number of piperidine rings is 1. The number of hydrogen-bond donors (Lipinski definition) is 1. The highest BCUT2D eigenvalue weighted by atomic mass is 32.1. The topological polar surface area (TPSA) is 59.2 Å². The number of thiazole rings is 1. The number of aromatic nitrogens is 1. The van der Waals surface area contributed by atoms with Crippen LogP contribution in [-0.4, -0.2) is 28.9 Å². The van der Waals surface area contributed by atoms with Gasteiger partial charge in [0.05, 0.1) is 5.69 Å². The average Bonchev–Trinajstić information content (AvgIpc) is 3.18. The molecule has 1 spiro atoms. The van der Waals surface area contributed by atoms with E-state index in [0.29, 0.717) is 18.0 Å². The fourth-order valence-corrected chi connectivity index (χ4v) is 4.45. The number of allylic oxidation sites excluding steroid dienone is 1. The molecule has 2 N–H and O–H groups in total. The summed E-state index contributed by atoms with van der Waals surface area (Å²) in [6.07, 6.45) is 7.79. The Morgan fingerprint density at radius 2 is 2.08 bits per heavy atom. The Balaban J connectivity index is 1.36. The molecule has 1 fully saturated rings. The van der Waals surface area contributed by atoms with Crippen LogP contribution >= 0.6 is 11.3 Å². The van der Waals surface area contributed by atoms with E-state index in [1.165, 1.54) is 22.5 Å². The highest BCUT2D eigenvalue weighted by molar-refractivity contribution is 7.13. The molecule has 0 atom stereocenters. The van der Waals surface area contributed by atoms with Crippen molar-refractivity contribution in [1.29, 1.82) is 0 Å². The minimum Gasteiger partial charge on any atom is -0.375 e. The van der Waals surface area contributed by atoms with Crippen molar-refractivity contribution >= 4 is 28.5 Å². The Bertz CT molecular complexity index is 787. The van der Waals surface area contributed by atoms with E-state index in [1.54, 1.807) is 0 Å². The van der Waals surface area contributed by atoms with E-state index in [2.05, 4.69) is 41.4 Å². The Morgan fingerprint density at radius 3 is 2.83 bits per heavy atom. The molecular weight excluding hydrogens is 318 g/mol. The summed E-state index contributed by atoms with van der Waals surface area (Å²) in [4.78, 5) is 18.7. The maximum atomic E-state index is 12.5. The van der Waals surface area contributed by atoms with Gasteiger partial charge in [-0.3, -0.25) is 4.79 Å². The van der Waals surface area contributed by atoms with Gasteiger partial charge < -0.3 is 10.6 Å². The van der Waals surface area contributed by atoms with Crippen molar-refractivity contribution in [1.82, 2.24) is 9.88 Å². The summed E-state index contributed by atoms with van der Waals surface area (Å²) in [5.74, 6) is 0.228. The third-order valence-corrected chi connectivity index (χ3v) is 5.97. The summed E-state index contributed by atoms with van der Waals surface area (Å²) >= 11 is 1.43. The van der Waals surface area contributed by atoms with Crippen molar-refractivity contribution in [3.8, 4) is 0 Å². The number of aryl methyl sites for hydroxylation is 1. The molecule has 0 bridgehead atoms. The number of anilines is 1. The summed E-state index contributed by atoms with van der Waals surface area (Å²) in [7, 11) is 0. The van der Waals surface area contributed by atoms with Crippen LogP contribution in [0.2, 0.25) is 0 Å². The van der Waals surface area contributed by atoms with Gasteiger partial charge in [0.15, 0.2) is 5.13 Å². The van der Waals surface area contributed by atoms with Crippen molar-refractivity contribution in [2.24, 2.45) is 0 Å². The van der Waals surface area contributed by atoms with Gasteiger partial charge in [0, 0.05) is 30.3 Å². The first-order valence-electron chi connectivity index (χ1n) is 8.43. The molecule has 1 aromatic carbocycles. The first-order chi connectivity index (χ1) is 11.7. The maximum absolute atomic E-state index is 12.5. The molecule has 0 saturated carbocycles. The number of fused-ring (bicyclic) bond motifs is 2. The maximum Gasteiger partial charge on any atom is 0.222 e. The van der Waals surface area contributed by atoms with Crippen molar-refractivity contribution in [3.63, 3.8) is 0 Å². The number of amides is 1. The molecule has 1 amide bonds. The molecule has 1 saturated heterocycles. The van der Waals surface area contributed by atoms with Gasteiger partial charge in [-0.25, -0.2) is 4.98 Å². The zero-order valence-corrected chi connectivity index (χ0v) is 14.4. The first-order valence-corrected chi connectivity index (χ1v) is 9.31. The van der Waals surface area contributed by atoms with Crippen molar-refractivity contribution < 1.29 is 4.79 Å². The van der Waals surface area contributed by atoms with Crippen LogP contribution in [-0.2, 0) is 16.6 Å². The number of nitrogens with zero attached hydrogens (tertiary/aromatic N) is 2. The van der Waals surface area contributed by atoms with Gasteiger partial charge in [0.2, 0.25) is 5.91 Å². The number of benzene rings is 1. The van der Waals surface area contributed by atoms with E-state index in [-0.39, 0.29) is 11.3 Å². The van der Waals surface area contributed by atoms with Crippen LogP contribution < -0.4 is 5.73 Å². The second kappa shape index (κ2) is 6.06. The van der Waals surface area contributed by atoms with Crippen LogP contribution in [0.25, 0.3) is 6.08 Å². The molecule has 4 rings (SSSR count). The van der Waals surface area contributed by atoms with Crippen LogP contribution in [0.1, 0.15) is 36.1 Å². The molecule has 1 aromatic heterocycles. The number of carbonyl (C=O) groups is 1. The van der Waals surface area contributed by atoms with E-state index < -0.39 is 0 Å². The number of nitrogen functional groups attached to an aromatic ring is 1. The lowest BCUT2D eigenvalue weighted by molar-refractivity contribution is -0.132. The second-order valence-corrected chi connectivity index (χ2v) is 7.52. The molecular formula is C19H21N3OS. The SMILES string of the molecule is Nc1nc(CCC(=O)N2CCC3(C=Cc4ccccc43)CC2)cs1. The van der Waals surface area contributed by atoms with Gasteiger partial charge in [-0.05, 0) is 30.4 Å². The van der Waals surface area contributed by atoms with E-state index in [0.717, 1.165) is 31.6 Å².